The van der Waals surface area contributed by atoms with Crippen molar-refractivity contribution in [2.75, 3.05) is 6.61 Å². The molecule has 0 rings (SSSR count). The highest BCUT2D eigenvalue weighted by Crippen LogP contribution is 2.04. The number of aliphatic carboxylic acids is 1. The normalized spacial score (nSPS) is 17.0. The summed E-state index contributed by atoms with van der Waals surface area (Å²) >= 11 is 0. The van der Waals surface area contributed by atoms with E-state index in [-0.39, 0.29) is 23.1 Å². The van der Waals surface area contributed by atoms with Gasteiger partial charge in [-0.05, 0) is 0 Å². The molecule has 0 aliphatic heterocycles. The van der Waals surface area contributed by atoms with Gasteiger partial charge in [-0.15, -0.1) is 0 Å². The van der Waals surface area contributed by atoms with E-state index in [1.807, 2.05) is 0 Å². The predicted octanol–water partition coefficient (Wildman–Crippen LogP) is -5.06. The molecule has 0 amide bonds. The molecule has 0 saturated heterocycles. The van der Waals surface area contributed by atoms with Crippen LogP contribution in [-0.2, 0) is 15.2 Å². The van der Waals surface area contributed by atoms with Crippen LogP contribution in [0.5, 0.6) is 0 Å². The Morgan fingerprint density at radius 1 is 1.00 bits per heavy atom. The summed E-state index contributed by atoms with van der Waals surface area (Å²) in [5.74, 6) is -1.73. The van der Waals surface area contributed by atoms with Gasteiger partial charge in [0.2, 0.25) is 0 Å². The van der Waals surface area contributed by atoms with Gasteiger partial charge in [0, 0.05) is 0 Å². The van der Waals surface area contributed by atoms with Crippen LogP contribution in [0.1, 0.15) is 0 Å². The van der Waals surface area contributed by atoms with E-state index < -0.39 is 47.4 Å². The lowest BCUT2D eigenvalue weighted by atomic mass is 10.0. The van der Waals surface area contributed by atoms with Gasteiger partial charge >= 0.3 is 39.4 Å². The fraction of sp³-hybridized carbons (Fsp3) is 0.833. The van der Waals surface area contributed by atoms with E-state index in [0.29, 0.717) is 0 Å². The van der Waals surface area contributed by atoms with Crippen LogP contribution in [0.4, 0.5) is 0 Å². The van der Waals surface area contributed by atoms with E-state index in [1.54, 1.807) is 0 Å². The summed E-state index contributed by atoms with van der Waals surface area (Å²) in [6.45, 7) is -0.843. The zero-order chi connectivity index (χ0) is 15.1. The smallest absolute Gasteiger partial charge is 0.394 e. The summed E-state index contributed by atoms with van der Waals surface area (Å²) in [4.78, 5) is 10.1. The summed E-state index contributed by atoms with van der Waals surface area (Å²) < 4.78 is 31.6. The van der Waals surface area contributed by atoms with Gasteiger partial charge in [-0.1, -0.05) is 0 Å². The van der Waals surface area contributed by atoms with E-state index in [1.165, 1.54) is 0 Å². The molecule has 0 unspecified atom stereocenters. The second-order valence-electron chi connectivity index (χ2n) is 2.96. The monoisotopic (exact) mass is 320 g/mol. The van der Waals surface area contributed by atoms with E-state index in [4.69, 9.17) is 48.2 Å². The third-order valence-electron chi connectivity index (χ3n) is 1.51. The maximum absolute atomic E-state index is 10.1. The molecule has 0 spiro atoms. The first-order chi connectivity index (χ1) is 7.91. The summed E-state index contributed by atoms with van der Waals surface area (Å²) in [6, 6.07) is 0. The molecule has 114 valence electrons. The fourth-order valence-electron chi connectivity index (χ4n) is 0.668. The van der Waals surface area contributed by atoms with Crippen LogP contribution in [0.2, 0.25) is 0 Å². The van der Waals surface area contributed by atoms with Crippen LogP contribution < -0.4 is 0 Å². The van der Waals surface area contributed by atoms with Crippen LogP contribution in [-0.4, -0.2) is 108 Å². The first-order valence-corrected chi connectivity index (χ1v) is 5.57. The van der Waals surface area contributed by atoms with E-state index in [2.05, 4.69) is 0 Å². The zero-order valence-electron chi connectivity index (χ0n) is 8.73. The van der Waals surface area contributed by atoms with Crippen molar-refractivity contribution < 1.29 is 53.0 Å². The van der Waals surface area contributed by atoms with Crippen molar-refractivity contribution >= 4 is 39.4 Å². The molecule has 19 heavy (non-hydrogen) atoms. The molecule has 0 bridgehead atoms. The average molecular weight is 321 g/mol. The molecule has 0 aromatic rings. The number of carbonyl (C=O) groups is 1. The van der Waals surface area contributed by atoms with Crippen molar-refractivity contribution in [2.45, 2.75) is 24.4 Å². The van der Waals surface area contributed by atoms with Gasteiger partial charge in [-0.2, -0.15) is 8.42 Å². The first-order valence-electron chi connectivity index (χ1n) is 4.17. The van der Waals surface area contributed by atoms with Crippen molar-refractivity contribution in [1.82, 2.24) is 0 Å². The van der Waals surface area contributed by atoms with Crippen molar-refractivity contribution in [3.05, 3.63) is 0 Å². The van der Waals surface area contributed by atoms with Crippen LogP contribution >= 0.6 is 0 Å². The number of carboxylic acids is 1. The Bertz CT molecular complexity index is 335. The largest absolute Gasteiger partial charge is 0.479 e. The second kappa shape index (κ2) is 10.7. The summed E-state index contributed by atoms with van der Waals surface area (Å²) in [5.41, 5.74) is 0. The van der Waals surface area contributed by atoms with Gasteiger partial charge in [0.25, 0.3) is 0 Å². The number of aliphatic hydroxyl groups excluding tert-OH is 5. The first kappa shape index (κ1) is 24.0. The van der Waals surface area contributed by atoms with E-state index in [0.717, 1.165) is 0 Å². The number of hydrogen-bond donors (Lipinski definition) is 8. The Hall–Kier alpha value is -0.0938. The molecule has 0 heterocycles. The SMILES string of the molecule is O=C(O)[C@H](O)[C@@H](O)[C@H](O)[C@H](O)CO.O=S(=O)(O)O.[MgH2]. The Kier molecular flexibility index (Phi) is 13.4. The molecule has 13 heteroatoms. The van der Waals surface area contributed by atoms with Crippen LogP contribution in [0, 0.1) is 0 Å². The molecular formula is C6H16MgO11S. The van der Waals surface area contributed by atoms with Gasteiger partial charge in [-0.25, -0.2) is 4.79 Å². The predicted molar refractivity (Wildman–Crippen MR) is 61.5 cm³/mol. The van der Waals surface area contributed by atoms with Crippen molar-refractivity contribution in [1.29, 1.82) is 0 Å². The minimum Gasteiger partial charge on any atom is -0.479 e. The highest BCUT2D eigenvalue weighted by molar-refractivity contribution is 7.79. The van der Waals surface area contributed by atoms with Crippen molar-refractivity contribution in [3.8, 4) is 0 Å². The summed E-state index contributed by atoms with van der Waals surface area (Å²) in [5, 5.41) is 51.8. The third-order valence-corrected chi connectivity index (χ3v) is 1.51. The molecule has 8 N–H and O–H groups in total. The van der Waals surface area contributed by atoms with Crippen molar-refractivity contribution in [3.63, 3.8) is 0 Å². The van der Waals surface area contributed by atoms with E-state index in [9.17, 15) is 4.79 Å². The Balaban J connectivity index is -0.000000366. The highest BCUT2D eigenvalue weighted by atomic mass is 32.3. The third kappa shape index (κ3) is 14.1. The molecule has 0 saturated carbocycles. The molecule has 0 aromatic heterocycles. The minimum atomic E-state index is -4.67. The Morgan fingerprint density at radius 3 is 1.53 bits per heavy atom. The number of rotatable bonds is 5. The molecule has 0 aliphatic carbocycles. The van der Waals surface area contributed by atoms with Gasteiger partial charge < -0.3 is 30.6 Å². The van der Waals surface area contributed by atoms with Gasteiger partial charge in [0.15, 0.2) is 6.10 Å². The average Bonchev–Trinajstić information content (AvgIpc) is 2.22. The topological polar surface area (TPSA) is 213 Å². The molecule has 11 nitrogen and oxygen atoms in total. The molecule has 0 fully saturated rings. The van der Waals surface area contributed by atoms with Gasteiger partial charge in [0.1, 0.15) is 18.3 Å². The fourth-order valence-corrected chi connectivity index (χ4v) is 0.668. The molecule has 0 aromatic carbocycles. The Labute approximate surface area is 123 Å². The Morgan fingerprint density at radius 2 is 1.32 bits per heavy atom. The number of hydrogen-bond acceptors (Lipinski definition) is 8. The maximum Gasteiger partial charge on any atom is 0.394 e. The van der Waals surface area contributed by atoms with E-state index >= 15 is 0 Å². The number of carboxylic acid groups (broad SMARTS) is 1. The summed E-state index contributed by atoms with van der Waals surface area (Å²) in [6.07, 6.45) is -7.84. The molecule has 0 radical (unpaired) electrons. The standard InChI is InChI=1S/C6H12O7.Mg.H2O4S.2H/c7-1-2(8)3(9)4(10)5(11)6(12)13;;1-5(2,3)4;;/h2-5,7-11H,1H2,(H,12,13);;(H2,1,2,3,4);;/t2-,3-,4+,5-;;;;/m1..../s1. The van der Waals surface area contributed by atoms with Crippen LogP contribution in [0.25, 0.3) is 0 Å². The van der Waals surface area contributed by atoms with Crippen LogP contribution in [0.3, 0.4) is 0 Å². The lowest BCUT2D eigenvalue weighted by Crippen LogP contribution is -2.48. The lowest BCUT2D eigenvalue weighted by molar-refractivity contribution is -0.164. The molecular weight excluding hydrogens is 304 g/mol. The molecule has 4 atom stereocenters. The van der Waals surface area contributed by atoms with Crippen molar-refractivity contribution in [2.24, 2.45) is 0 Å². The van der Waals surface area contributed by atoms with Gasteiger partial charge in [0.05, 0.1) is 6.61 Å². The van der Waals surface area contributed by atoms with Gasteiger partial charge in [-0.3, -0.25) is 9.11 Å². The highest BCUT2D eigenvalue weighted by Gasteiger charge is 2.33. The van der Waals surface area contributed by atoms with Crippen LogP contribution in [0.15, 0.2) is 0 Å². The number of aliphatic hydroxyl groups is 5. The maximum atomic E-state index is 10.1. The summed E-state index contributed by atoms with van der Waals surface area (Å²) in [7, 11) is -4.67. The lowest BCUT2D eigenvalue weighted by Gasteiger charge is -2.23. The molecule has 0 aliphatic rings. The zero-order valence-corrected chi connectivity index (χ0v) is 9.54. The minimum absolute atomic E-state index is 0. The quantitative estimate of drug-likeness (QED) is 0.177. The second-order valence-corrected chi connectivity index (χ2v) is 3.86.